The number of aliphatic carboxylic acids is 1. The molecule has 0 saturated heterocycles. The van der Waals surface area contributed by atoms with Crippen LogP contribution in [0, 0.1) is 23.7 Å². The molecule has 0 unspecified atom stereocenters. The zero-order chi connectivity index (χ0) is 17.8. The molecular weight excluding hydrogens is 316 g/mol. The molecule has 0 aromatic carbocycles. The van der Waals surface area contributed by atoms with Crippen molar-refractivity contribution in [2.24, 2.45) is 23.7 Å². The third kappa shape index (κ3) is 4.73. The lowest BCUT2D eigenvalue weighted by molar-refractivity contribution is -0.137. The molecule has 5 atom stereocenters. The second kappa shape index (κ2) is 8.50. The van der Waals surface area contributed by atoms with Gasteiger partial charge in [0.05, 0.1) is 12.2 Å². The number of carboxylic acid groups (broad SMARTS) is 1. The van der Waals surface area contributed by atoms with E-state index < -0.39 is 5.97 Å². The molecule has 0 spiro atoms. The molecule has 2 saturated carbocycles. The van der Waals surface area contributed by atoms with Crippen LogP contribution >= 0.6 is 0 Å². The molecule has 0 aromatic rings. The van der Waals surface area contributed by atoms with Crippen LogP contribution in [-0.4, -0.2) is 33.5 Å². The molecule has 0 radical (unpaired) electrons. The van der Waals surface area contributed by atoms with Gasteiger partial charge in [0.25, 0.3) is 0 Å². The van der Waals surface area contributed by atoms with E-state index >= 15 is 0 Å². The van der Waals surface area contributed by atoms with Crippen LogP contribution in [-0.2, 0) is 4.79 Å². The Kier molecular flexibility index (Phi) is 6.34. The van der Waals surface area contributed by atoms with Gasteiger partial charge in [-0.15, -0.1) is 0 Å². The van der Waals surface area contributed by atoms with E-state index in [0.717, 1.165) is 44.9 Å². The van der Waals surface area contributed by atoms with Crippen molar-refractivity contribution in [1.29, 1.82) is 0 Å². The Morgan fingerprint density at radius 3 is 2.76 bits per heavy atom. The smallest absolute Gasteiger partial charge is 0.303 e. The lowest BCUT2D eigenvalue weighted by Gasteiger charge is -2.20. The fraction of sp³-hybridized carbons (Fsp3) is 0.762. The number of hydrogen-bond donors (Lipinski definition) is 3. The number of aliphatic hydroxyl groups excluding tert-OH is 2. The van der Waals surface area contributed by atoms with Gasteiger partial charge < -0.3 is 15.3 Å². The van der Waals surface area contributed by atoms with Crippen molar-refractivity contribution in [3.05, 3.63) is 23.8 Å². The molecule has 25 heavy (non-hydrogen) atoms. The molecule has 140 valence electrons. The highest BCUT2D eigenvalue weighted by atomic mass is 16.4. The van der Waals surface area contributed by atoms with Gasteiger partial charge >= 0.3 is 5.97 Å². The maximum Gasteiger partial charge on any atom is 0.303 e. The predicted octanol–water partition coefficient (Wildman–Crippen LogP) is 3.68. The maximum atomic E-state index is 10.6. The Balaban J connectivity index is 1.49. The van der Waals surface area contributed by atoms with E-state index in [9.17, 15) is 15.0 Å². The van der Waals surface area contributed by atoms with Crippen molar-refractivity contribution in [3.63, 3.8) is 0 Å². The number of rotatable bonds is 8. The minimum absolute atomic E-state index is 0.147. The number of fused-ring (bicyclic) bond motifs is 1. The second-order valence-electron chi connectivity index (χ2n) is 8.26. The summed E-state index contributed by atoms with van der Waals surface area (Å²) in [4.78, 5) is 10.6. The first-order chi connectivity index (χ1) is 12.0. The number of aliphatic hydroxyl groups is 2. The predicted molar refractivity (Wildman–Crippen MR) is 97.0 cm³/mol. The molecular formula is C21H32O4. The van der Waals surface area contributed by atoms with Crippen LogP contribution in [0.1, 0.15) is 64.2 Å². The Hall–Kier alpha value is -1.13. The molecule has 0 amide bonds. The number of allylic oxidation sites excluding steroid dienone is 2. The number of unbranched alkanes of at least 4 members (excludes halogenated alkanes) is 1. The van der Waals surface area contributed by atoms with E-state index in [2.05, 4.69) is 12.2 Å². The summed E-state index contributed by atoms with van der Waals surface area (Å²) in [5, 5.41) is 29.5. The topological polar surface area (TPSA) is 77.8 Å². The van der Waals surface area contributed by atoms with E-state index in [0.29, 0.717) is 17.8 Å². The van der Waals surface area contributed by atoms with E-state index in [1.165, 1.54) is 18.4 Å². The van der Waals surface area contributed by atoms with Crippen molar-refractivity contribution in [2.75, 3.05) is 0 Å². The average Bonchev–Trinajstić information content (AvgIpc) is 3.26. The quantitative estimate of drug-likeness (QED) is 0.462. The highest BCUT2D eigenvalue weighted by Crippen LogP contribution is 2.48. The number of carbonyl (C=O) groups is 1. The lowest BCUT2D eigenvalue weighted by Crippen LogP contribution is -2.19. The van der Waals surface area contributed by atoms with Crippen LogP contribution in [0.25, 0.3) is 0 Å². The van der Waals surface area contributed by atoms with Gasteiger partial charge in [-0.3, -0.25) is 4.79 Å². The summed E-state index contributed by atoms with van der Waals surface area (Å²) in [5.74, 6) is 0.733. The van der Waals surface area contributed by atoms with Crippen molar-refractivity contribution < 1.29 is 20.1 Å². The van der Waals surface area contributed by atoms with Crippen LogP contribution in [0.4, 0.5) is 0 Å². The van der Waals surface area contributed by atoms with E-state index in [1.807, 2.05) is 6.08 Å². The van der Waals surface area contributed by atoms with Crippen LogP contribution < -0.4 is 0 Å². The first kappa shape index (κ1) is 18.7. The fourth-order valence-corrected chi connectivity index (χ4v) is 5.12. The molecule has 0 aromatic heterocycles. The van der Waals surface area contributed by atoms with Crippen molar-refractivity contribution in [1.82, 2.24) is 0 Å². The van der Waals surface area contributed by atoms with Gasteiger partial charge in [-0.05, 0) is 62.7 Å². The van der Waals surface area contributed by atoms with E-state index in [4.69, 9.17) is 5.11 Å². The van der Waals surface area contributed by atoms with Crippen molar-refractivity contribution >= 4 is 5.97 Å². The Bertz CT molecular complexity index is 518. The van der Waals surface area contributed by atoms with Gasteiger partial charge in [-0.1, -0.05) is 36.6 Å². The van der Waals surface area contributed by atoms with Gasteiger partial charge in [0.15, 0.2) is 0 Å². The van der Waals surface area contributed by atoms with E-state index in [1.54, 1.807) is 0 Å². The van der Waals surface area contributed by atoms with Crippen LogP contribution in [0.2, 0.25) is 0 Å². The summed E-state index contributed by atoms with van der Waals surface area (Å²) in [5.41, 5.74) is 1.43. The van der Waals surface area contributed by atoms with Crippen molar-refractivity contribution in [2.45, 2.75) is 76.4 Å². The van der Waals surface area contributed by atoms with E-state index in [-0.39, 0.29) is 24.5 Å². The normalized spacial score (nSPS) is 33.8. The highest BCUT2D eigenvalue weighted by Gasteiger charge is 2.43. The third-order valence-electron chi connectivity index (χ3n) is 6.50. The van der Waals surface area contributed by atoms with Gasteiger partial charge in [0.2, 0.25) is 0 Å². The van der Waals surface area contributed by atoms with Gasteiger partial charge in [0.1, 0.15) is 0 Å². The molecule has 0 aliphatic heterocycles. The first-order valence-corrected chi connectivity index (χ1v) is 10.0. The molecule has 3 aliphatic rings. The molecule has 4 heteroatoms. The monoisotopic (exact) mass is 348 g/mol. The third-order valence-corrected chi connectivity index (χ3v) is 6.50. The summed E-state index contributed by atoms with van der Waals surface area (Å²) in [6.07, 6.45) is 15.1. The van der Waals surface area contributed by atoms with Gasteiger partial charge in [-0.25, -0.2) is 0 Å². The molecule has 4 nitrogen and oxygen atoms in total. The minimum atomic E-state index is -0.716. The molecule has 0 heterocycles. The largest absolute Gasteiger partial charge is 0.481 e. The van der Waals surface area contributed by atoms with Gasteiger partial charge in [-0.2, -0.15) is 0 Å². The molecule has 3 N–H and O–H groups in total. The second-order valence-corrected chi connectivity index (χ2v) is 8.26. The molecule has 0 bridgehead atoms. The summed E-state index contributed by atoms with van der Waals surface area (Å²) in [6, 6.07) is 0. The Morgan fingerprint density at radius 2 is 2.04 bits per heavy atom. The molecule has 2 fully saturated rings. The standard InChI is InChI=1S/C21H32O4/c22-19(15-6-2-3-7-15)10-9-17-18-12-14(5-1-4-8-21(24)25)11-16(18)13-20(17)23/h9-11,15-20,22-23H,1-8,12-13H2,(H,24,25)/b10-9+/t16-,17-,18-,19+,20-/m0/s1. The summed E-state index contributed by atoms with van der Waals surface area (Å²) >= 11 is 0. The SMILES string of the molecule is O=C(O)CCCCC1=C[C@H]2C[C@H](O)[C@@H](/C=C/[C@@H](O)C3CCCC3)[C@H]2C1. The highest BCUT2D eigenvalue weighted by molar-refractivity contribution is 5.66. The molecule has 3 rings (SSSR count). The Labute approximate surface area is 150 Å². The number of carboxylic acids is 1. The minimum Gasteiger partial charge on any atom is -0.481 e. The number of hydrogen-bond acceptors (Lipinski definition) is 3. The molecule has 3 aliphatic carbocycles. The summed E-state index contributed by atoms with van der Waals surface area (Å²) in [6.45, 7) is 0. The zero-order valence-corrected chi connectivity index (χ0v) is 15.0. The summed E-state index contributed by atoms with van der Waals surface area (Å²) < 4.78 is 0. The van der Waals surface area contributed by atoms with Crippen molar-refractivity contribution in [3.8, 4) is 0 Å². The van der Waals surface area contributed by atoms with Crippen LogP contribution in [0.3, 0.4) is 0 Å². The van der Waals surface area contributed by atoms with Crippen LogP contribution in [0.15, 0.2) is 23.8 Å². The lowest BCUT2D eigenvalue weighted by atomic mass is 9.88. The van der Waals surface area contributed by atoms with Crippen LogP contribution in [0.5, 0.6) is 0 Å². The summed E-state index contributed by atoms with van der Waals surface area (Å²) in [7, 11) is 0. The zero-order valence-electron chi connectivity index (χ0n) is 15.0. The average molecular weight is 348 g/mol. The van der Waals surface area contributed by atoms with Gasteiger partial charge in [0, 0.05) is 12.3 Å². The fourth-order valence-electron chi connectivity index (χ4n) is 5.12. The first-order valence-electron chi connectivity index (χ1n) is 10.0. The maximum absolute atomic E-state index is 10.6. The Morgan fingerprint density at radius 1 is 1.28 bits per heavy atom.